The summed E-state index contributed by atoms with van der Waals surface area (Å²) in [6.07, 6.45) is 6.45. The summed E-state index contributed by atoms with van der Waals surface area (Å²) in [5, 5.41) is 3.34. The summed E-state index contributed by atoms with van der Waals surface area (Å²) in [4.78, 5) is 9.34. The van der Waals surface area contributed by atoms with Crippen LogP contribution < -0.4 is 5.19 Å². The molecule has 0 bridgehead atoms. The van der Waals surface area contributed by atoms with Gasteiger partial charge in [-0.3, -0.25) is 0 Å². The van der Waals surface area contributed by atoms with Gasteiger partial charge in [0.05, 0.1) is 13.7 Å². The zero-order valence-electron chi connectivity index (χ0n) is 38.2. The number of rotatable bonds is 8. The Balaban J connectivity index is 0.000000192. The quantitative estimate of drug-likeness (QED) is 0.112. The number of aryl methyl sites for hydroxylation is 2. The predicted octanol–water partition coefficient (Wildman–Crippen LogP) is 14.3. The fourth-order valence-electron chi connectivity index (χ4n) is 8.36. The Kier molecular flexibility index (Phi) is 11.8. The molecule has 5 aromatic carbocycles. The molecule has 8 aromatic rings. The largest absolute Gasteiger partial charge is 0.501 e. The van der Waals surface area contributed by atoms with Gasteiger partial charge in [0.2, 0.25) is 0 Å². The van der Waals surface area contributed by atoms with Gasteiger partial charge < -0.3 is 14.4 Å². The fourth-order valence-corrected chi connectivity index (χ4v) is 9.94. The first-order chi connectivity index (χ1) is 29.1. The molecule has 0 atom stereocenters. The number of aromatic nitrogens is 2. The molecule has 1 aliphatic rings. The van der Waals surface area contributed by atoms with Crippen molar-refractivity contribution < 1.29 is 28.6 Å². The summed E-state index contributed by atoms with van der Waals surface area (Å²) in [5.74, 6) is -0.586. The fraction of sp³-hybridized carbons (Fsp3) is 0.259. The van der Waals surface area contributed by atoms with Crippen LogP contribution in [0.5, 0.6) is 0 Å². The van der Waals surface area contributed by atoms with Crippen LogP contribution in [-0.2, 0) is 26.5 Å². The van der Waals surface area contributed by atoms with Crippen LogP contribution in [0.3, 0.4) is 0 Å². The molecule has 0 saturated heterocycles. The van der Waals surface area contributed by atoms with Gasteiger partial charge in [0, 0.05) is 42.0 Å². The van der Waals surface area contributed by atoms with Crippen LogP contribution in [0.4, 0.5) is 0 Å². The van der Waals surface area contributed by atoms with E-state index >= 15 is 0 Å². The minimum absolute atomic E-state index is 0. The smallest absolute Gasteiger partial charge is 0.121 e. The monoisotopic (exact) mass is 970 g/mol. The van der Waals surface area contributed by atoms with Gasteiger partial charge in [0.1, 0.15) is 5.58 Å². The van der Waals surface area contributed by atoms with Gasteiger partial charge in [0.15, 0.2) is 0 Å². The Labute approximate surface area is 369 Å². The number of hydrogen-bond acceptors (Lipinski definition) is 3. The molecule has 3 heterocycles. The first kappa shape index (κ1) is 38.3. The minimum Gasteiger partial charge on any atom is -0.501 e. The maximum atomic E-state index is 8.82. The molecular weight excluding hydrogens is 913 g/mol. The van der Waals surface area contributed by atoms with Crippen molar-refractivity contribution in [3.05, 3.63) is 162 Å². The third kappa shape index (κ3) is 9.29. The summed E-state index contributed by atoms with van der Waals surface area (Å²) >= 11 is 0. The molecule has 1 saturated carbocycles. The van der Waals surface area contributed by atoms with Crippen molar-refractivity contribution in [3.63, 3.8) is 0 Å². The van der Waals surface area contributed by atoms with Crippen LogP contribution >= 0.6 is 0 Å². The number of furan rings is 1. The van der Waals surface area contributed by atoms with Crippen molar-refractivity contribution in [2.75, 3.05) is 0 Å². The van der Waals surface area contributed by atoms with Gasteiger partial charge in [-0.25, -0.2) is 0 Å². The molecule has 3 aromatic heterocycles. The summed E-state index contributed by atoms with van der Waals surface area (Å²) in [5.41, 5.74) is 13.9. The van der Waals surface area contributed by atoms with Crippen LogP contribution in [0.25, 0.3) is 66.7 Å². The van der Waals surface area contributed by atoms with Gasteiger partial charge in [-0.2, -0.15) is 0 Å². The van der Waals surface area contributed by atoms with Crippen molar-refractivity contribution in [2.24, 2.45) is 5.92 Å². The van der Waals surface area contributed by atoms with E-state index in [-0.39, 0.29) is 26.0 Å². The normalized spacial score (nSPS) is 14.3. The number of hydrogen-bond donors (Lipinski definition) is 0. The van der Waals surface area contributed by atoms with Crippen molar-refractivity contribution in [3.8, 4) is 44.8 Å². The number of benzene rings is 5. The van der Waals surface area contributed by atoms with Gasteiger partial charge in [0.25, 0.3) is 0 Å². The summed E-state index contributed by atoms with van der Waals surface area (Å²) in [7, 11) is -1.57. The van der Waals surface area contributed by atoms with Gasteiger partial charge in [-0.1, -0.05) is 154 Å². The van der Waals surface area contributed by atoms with Crippen LogP contribution in [0, 0.1) is 31.9 Å². The minimum atomic E-state index is -1.57. The Morgan fingerprint density at radius 2 is 1.51 bits per heavy atom. The number of nitrogens with zero attached hydrogens (tertiary/aromatic N) is 2. The molecule has 0 amide bonds. The molecular formula is C54H54IrN2OSi-2. The molecule has 3 nitrogen and oxygen atoms in total. The van der Waals surface area contributed by atoms with Gasteiger partial charge in [-0.05, 0) is 88.6 Å². The van der Waals surface area contributed by atoms with E-state index in [2.05, 4.69) is 117 Å². The Morgan fingerprint density at radius 3 is 2.24 bits per heavy atom. The van der Waals surface area contributed by atoms with Crippen LogP contribution in [0.15, 0.2) is 132 Å². The third-order valence-corrected chi connectivity index (χ3v) is 13.4. The number of pyridine rings is 2. The third-order valence-electron chi connectivity index (χ3n) is 11.4. The summed E-state index contributed by atoms with van der Waals surface area (Å²) < 4.78 is 32.7. The maximum absolute atomic E-state index is 8.82. The zero-order valence-corrected chi connectivity index (χ0v) is 38.6. The molecule has 0 aliphatic heterocycles. The SMILES string of the molecule is [2H]C(C)(C)c1cc(-c2[c-]ccc(-c3ccccc3)c2)ncc1[Si](C)(C)C.[2H]C([2H])(c1ccnc(-c2[c-]ccc3c2oc2cc(-c4c(C)cccc4C)ccc23)c1)C1CCCC1.[Ir]. The van der Waals surface area contributed by atoms with Crippen molar-refractivity contribution in [2.45, 2.75) is 85.3 Å². The van der Waals surface area contributed by atoms with E-state index in [1.807, 2.05) is 68.6 Å². The first-order valence-corrected chi connectivity index (χ1v) is 24.1. The molecule has 0 N–H and O–H groups in total. The van der Waals surface area contributed by atoms with Gasteiger partial charge >= 0.3 is 0 Å². The average molecular weight is 970 g/mol. The average Bonchev–Trinajstić information content (AvgIpc) is 3.93. The van der Waals surface area contributed by atoms with E-state index in [4.69, 9.17) is 13.5 Å². The van der Waals surface area contributed by atoms with Crippen molar-refractivity contribution in [1.82, 2.24) is 9.97 Å². The Bertz CT molecular complexity index is 2830. The molecule has 0 spiro atoms. The zero-order chi connectivity index (χ0) is 43.1. The van der Waals surface area contributed by atoms with Crippen molar-refractivity contribution in [1.29, 1.82) is 0 Å². The van der Waals surface area contributed by atoms with E-state index in [1.54, 1.807) is 6.20 Å². The maximum Gasteiger partial charge on any atom is 0.121 e. The van der Waals surface area contributed by atoms with E-state index in [0.29, 0.717) is 11.3 Å². The van der Waals surface area contributed by atoms with E-state index in [0.717, 1.165) is 81.1 Å². The summed E-state index contributed by atoms with van der Waals surface area (Å²) in [6, 6.07) is 45.7. The standard InChI is InChI=1S/C31H28NO.C23H26NSi.Ir/c1-20-7-5-8-21(2)30(20)24-13-14-25-26-11-6-12-27(31(26)33-29(25)19-24)28-18-23(15-16-32-28)17-22-9-3-4-10-22;1-17(2)21-15-22(24-16-23(21)25(3,4)5)20-13-9-12-19(14-20)18-10-7-6-8-11-18;/h5-8,11,13-16,18-19,22H,3-4,9-10,17H2,1-2H3;6-12,14-17H,1-5H3;/q2*-1;/i17D2;17D;. The van der Waals surface area contributed by atoms with Gasteiger partial charge in [-0.15, -0.1) is 53.6 Å². The molecule has 1 aliphatic carbocycles. The molecule has 9 rings (SSSR count). The Morgan fingerprint density at radius 1 is 0.763 bits per heavy atom. The van der Waals surface area contributed by atoms with E-state index in [1.165, 1.54) is 27.4 Å². The summed E-state index contributed by atoms with van der Waals surface area (Å²) in [6.45, 7) is 15.1. The molecule has 1 radical (unpaired) electrons. The topological polar surface area (TPSA) is 38.9 Å². The second-order valence-corrected chi connectivity index (χ2v) is 22.0. The van der Waals surface area contributed by atoms with Crippen molar-refractivity contribution >= 4 is 35.2 Å². The predicted molar refractivity (Wildman–Crippen MR) is 247 cm³/mol. The molecule has 1 fully saturated rings. The van der Waals surface area contributed by atoms with E-state index in [9.17, 15) is 0 Å². The van der Waals surface area contributed by atoms with E-state index < -0.39 is 20.3 Å². The molecule has 5 heteroatoms. The molecule has 0 unspecified atom stereocenters. The molecule has 59 heavy (non-hydrogen) atoms. The number of fused-ring (bicyclic) bond motifs is 3. The Hall–Kier alpha value is -4.93. The van der Waals surface area contributed by atoms with Crippen LogP contribution in [0.2, 0.25) is 19.6 Å². The van der Waals surface area contributed by atoms with Crippen LogP contribution in [-0.4, -0.2) is 18.0 Å². The molecule has 301 valence electrons. The second kappa shape index (κ2) is 18.1. The first-order valence-electron chi connectivity index (χ1n) is 22.1. The van der Waals surface area contributed by atoms with Crippen LogP contribution in [0.1, 0.15) is 71.8 Å². The second-order valence-electron chi connectivity index (χ2n) is 17.0.